The van der Waals surface area contributed by atoms with Crippen molar-refractivity contribution in [3.05, 3.63) is 58.6 Å². The number of thioether (sulfide) groups is 1. The SMILES string of the molecule is CCn1c(NC(=O)/C=C/c2cc(OC)c(OC)c(OC)c2)nnc1SCc1ccccc1Cl. The number of aromatic nitrogens is 3. The van der Waals surface area contributed by atoms with Crippen molar-refractivity contribution < 1.29 is 19.0 Å². The minimum Gasteiger partial charge on any atom is -0.493 e. The van der Waals surface area contributed by atoms with Gasteiger partial charge >= 0.3 is 0 Å². The van der Waals surface area contributed by atoms with E-state index in [0.29, 0.717) is 51.2 Å². The zero-order valence-electron chi connectivity index (χ0n) is 18.8. The number of benzene rings is 2. The van der Waals surface area contributed by atoms with Crippen LogP contribution >= 0.6 is 23.4 Å². The number of methoxy groups -OCH3 is 3. The van der Waals surface area contributed by atoms with Crippen molar-refractivity contribution in [1.82, 2.24) is 14.8 Å². The Morgan fingerprint density at radius 1 is 1.12 bits per heavy atom. The summed E-state index contributed by atoms with van der Waals surface area (Å²) in [6.07, 6.45) is 3.06. The number of ether oxygens (including phenoxy) is 3. The molecule has 0 unspecified atom stereocenters. The fourth-order valence-electron chi connectivity index (χ4n) is 3.05. The van der Waals surface area contributed by atoms with Crippen LogP contribution in [0.25, 0.3) is 6.08 Å². The summed E-state index contributed by atoms with van der Waals surface area (Å²) in [4.78, 5) is 12.5. The molecule has 33 heavy (non-hydrogen) atoms. The zero-order valence-corrected chi connectivity index (χ0v) is 20.4. The van der Waals surface area contributed by atoms with Gasteiger partial charge in [-0.05, 0) is 42.3 Å². The number of amides is 1. The van der Waals surface area contributed by atoms with Gasteiger partial charge < -0.3 is 14.2 Å². The van der Waals surface area contributed by atoms with E-state index in [0.717, 1.165) is 5.56 Å². The highest BCUT2D eigenvalue weighted by Gasteiger charge is 2.15. The molecule has 1 aromatic heterocycles. The van der Waals surface area contributed by atoms with Gasteiger partial charge in [0.2, 0.25) is 11.7 Å². The lowest BCUT2D eigenvalue weighted by Gasteiger charge is -2.12. The maximum Gasteiger partial charge on any atom is 0.250 e. The van der Waals surface area contributed by atoms with Gasteiger partial charge in [-0.3, -0.25) is 14.7 Å². The highest BCUT2D eigenvalue weighted by Crippen LogP contribution is 2.38. The molecule has 3 rings (SSSR count). The average Bonchev–Trinajstić information content (AvgIpc) is 3.22. The molecule has 0 saturated heterocycles. The van der Waals surface area contributed by atoms with E-state index in [9.17, 15) is 4.79 Å². The molecule has 0 bridgehead atoms. The van der Waals surface area contributed by atoms with E-state index in [1.54, 1.807) is 18.2 Å². The number of halogens is 1. The minimum atomic E-state index is -0.339. The lowest BCUT2D eigenvalue weighted by Crippen LogP contribution is -2.13. The first-order valence-electron chi connectivity index (χ1n) is 10.1. The number of hydrogen-bond donors (Lipinski definition) is 1. The maximum atomic E-state index is 12.5. The molecule has 1 amide bonds. The Kier molecular flexibility index (Phi) is 8.62. The molecule has 0 aliphatic heterocycles. The molecule has 0 spiro atoms. The number of carbonyl (C=O) groups is 1. The Balaban J connectivity index is 1.70. The van der Waals surface area contributed by atoms with Crippen molar-refractivity contribution in [3.63, 3.8) is 0 Å². The molecule has 0 saturated carbocycles. The normalized spacial score (nSPS) is 10.9. The Morgan fingerprint density at radius 3 is 2.42 bits per heavy atom. The predicted octanol–water partition coefficient (Wildman–Crippen LogP) is 4.92. The molecule has 3 aromatic rings. The van der Waals surface area contributed by atoms with Crippen molar-refractivity contribution in [1.29, 1.82) is 0 Å². The van der Waals surface area contributed by atoms with Crippen LogP contribution in [0.15, 0.2) is 47.6 Å². The predicted molar refractivity (Wildman–Crippen MR) is 130 cm³/mol. The van der Waals surface area contributed by atoms with E-state index >= 15 is 0 Å². The van der Waals surface area contributed by atoms with Gasteiger partial charge in [0.25, 0.3) is 5.91 Å². The van der Waals surface area contributed by atoms with Gasteiger partial charge in [0, 0.05) is 23.4 Å². The van der Waals surface area contributed by atoms with E-state index in [-0.39, 0.29) is 5.91 Å². The fourth-order valence-corrected chi connectivity index (χ4v) is 4.34. The molecule has 174 valence electrons. The van der Waals surface area contributed by atoms with E-state index in [1.807, 2.05) is 35.8 Å². The van der Waals surface area contributed by atoms with Crippen molar-refractivity contribution in [3.8, 4) is 17.2 Å². The van der Waals surface area contributed by atoms with Crippen LogP contribution in [0.2, 0.25) is 5.02 Å². The second-order valence-electron chi connectivity index (χ2n) is 6.71. The second kappa shape index (κ2) is 11.6. The van der Waals surface area contributed by atoms with Gasteiger partial charge in [0.1, 0.15) is 0 Å². The standard InChI is InChI=1S/C23H25ClN4O4S/c1-5-28-22(26-27-23(28)33-14-16-8-6-7-9-17(16)24)25-20(29)11-10-15-12-18(30-2)21(32-4)19(13-15)31-3/h6-13H,5,14H2,1-4H3,(H,25,26,29)/b11-10+. The fraction of sp³-hybridized carbons (Fsp3) is 0.261. The van der Waals surface area contributed by atoms with Crippen LogP contribution in [0.4, 0.5) is 5.95 Å². The summed E-state index contributed by atoms with van der Waals surface area (Å²) in [6, 6.07) is 11.2. The molecule has 1 heterocycles. The smallest absolute Gasteiger partial charge is 0.250 e. The summed E-state index contributed by atoms with van der Waals surface area (Å²) in [7, 11) is 4.61. The molecule has 0 atom stereocenters. The molecule has 0 fully saturated rings. The van der Waals surface area contributed by atoms with Gasteiger partial charge in [0.15, 0.2) is 16.7 Å². The van der Waals surface area contributed by atoms with Crippen LogP contribution in [-0.4, -0.2) is 42.0 Å². The Hall–Kier alpha value is -3.17. The van der Waals surface area contributed by atoms with Gasteiger partial charge in [-0.15, -0.1) is 10.2 Å². The zero-order chi connectivity index (χ0) is 23.8. The molecule has 0 aliphatic carbocycles. The monoisotopic (exact) mass is 488 g/mol. The summed E-state index contributed by atoms with van der Waals surface area (Å²) < 4.78 is 17.9. The number of hydrogen-bond acceptors (Lipinski definition) is 7. The van der Waals surface area contributed by atoms with Gasteiger partial charge in [-0.1, -0.05) is 41.6 Å². The topological polar surface area (TPSA) is 87.5 Å². The second-order valence-corrected chi connectivity index (χ2v) is 8.06. The first-order valence-corrected chi connectivity index (χ1v) is 11.5. The van der Waals surface area contributed by atoms with Gasteiger partial charge in [-0.2, -0.15) is 0 Å². The van der Waals surface area contributed by atoms with Crippen molar-refractivity contribution in [2.75, 3.05) is 26.6 Å². The number of carbonyl (C=O) groups excluding carboxylic acids is 1. The van der Waals surface area contributed by atoms with Crippen molar-refractivity contribution in [2.45, 2.75) is 24.4 Å². The summed E-state index contributed by atoms with van der Waals surface area (Å²) in [5.41, 5.74) is 1.72. The lowest BCUT2D eigenvalue weighted by molar-refractivity contribution is -0.111. The molecular weight excluding hydrogens is 464 g/mol. The summed E-state index contributed by atoms with van der Waals surface area (Å²) in [6.45, 7) is 2.56. The highest BCUT2D eigenvalue weighted by molar-refractivity contribution is 7.98. The van der Waals surface area contributed by atoms with Crippen LogP contribution < -0.4 is 19.5 Å². The largest absolute Gasteiger partial charge is 0.493 e. The molecule has 1 N–H and O–H groups in total. The number of anilines is 1. The van der Waals surface area contributed by atoms with E-state index < -0.39 is 0 Å². The van der Waals surface area contributed by atoms with E-state index in [4.69, 9.17) is 25.8 Å². The summed E-state index contributed by atoms with van der Waals surface area (Å²) in [5, 5.41) is 12.5. The average molecular weight is 489 g/mol. The molecular formula is C23H25ClN4O4S. The van der Waals surface area contributed by atoms with Crippen LogP contribution in [0.3, 0.4) is 0 Å². The third-order valence-electron chi connectivity index (χ3n) is 4.70. The number of rotatable bonds is 10. The Labute approximate surface area is 201 Å². The Bertz CT molecular complexity index is 1120. The number of nitrogens with zero attached hydrogens (tertiary/aromatic N) is 3. The van der Waals surface area contributed by atoms with Gasteiger partial charge in [-0.25, -0.2) is 0 Å². The van der Waals surface area contributed by atoms with Crippen molar-refractivity contribution in [2.24, 2.45) is 0 Å². The highest BCUT2D eigenvalue weighted by atomic mass is 35.5. The first-order chi connectivity index (χ1) is 16.0. The van der Waals surface area contributed by atoms with Crippen LogP contribution in [0.5, 0.6) is 17.2 Å². The Morgan fingerprint density at radius 2 is 1.82 bits per heavy atom. The minimum absolute atomic E-state index is 0.339. The maximum absolute atomic E-state index is 12.5. The van der Waals surface area contributed by atoms with E-state index in [1.165, 1.54) is 39.2 Å². The van der Waals surface area contributed by atoms with Crippen LogP contribution in [-0.2, 0) is 17.1 Å². The van der Waals surface area contributed by atoms with Gasteiger partial charge in [0.05, 0.1) is 21.3 Å². The summed E-state index contributed by atoms with van der Waals surface area (Å²) >= 11 is 7.74. The third kappa shape index (κ3) is 6.00. The summed E-state index contributed by atoms with van der Waals surface area (Å²) in [5.74, 6) is 2.17. The lowest BCUT2D eigenvalue weighted by atomic mass is 10.1. The van der Waals surface area contributed by atoms with Crippen LogP contribution in [0, 0.1) is 0 Å². The van der Waals surface area contributed by atoms with Crippen LogP contribution in [0.1, 0.15) is 18.1 Å². The first kappa shape index (κ1) is 24.5. The number of nitrogens with one attached hydrogen (secondary N) is 1. The quantitative estimate of drug-likeness (QED) is 0.320. The molecule has 2 aromatic carbocycles. The van der Waals surface area contributed by atoms with E-state index in [2.05, 4.69) is 15.5 Å². The molecule has 0 aliphatic rings. The van der Waals surface area contributed by atoms with Crippen molar-refractivity contribution >= 4 is 41.3 Å². The molecule has 10 heteroatoms. The molecule has 8 nitrogen and oxygen atoms in total. The molecule has 0 radical (unpaired) electrons. The third-order valence-corrected chi connectivity index (χ3v) is 6.08.